The topological polar surface area (TPSA) is 100 Å². The highest BCUT2D eigenvalue weighted by Gasteiger charge is 2.29. The number of H-pyrrole nitrogens is 1. The number of hydrogen-bond donors (Lipinski definition) is 3. The van der Waals surface area contributed by atoms with E-state index < -0.39 is 0 Å². The summed E-state index contributed by atoms with van der Waals surface area (Å²) in [7, 11) is 0. The zero-order chi connectivity index (χ0) is 21.5. The molecule has 8 nitrogen and oxygen atoms in total. The van der Waals surface area contributed by atoms with Crippen molar-refractivity contribution in [3.8, 4) is 11.3 Å². The number of carbonyl (C=O) groups excluding carboxylic acids is 1. The normalized spacial score (nSPS) is 13.5. The third-order valence-corrected chi connectivity index (χ3v) is 5.24. The van der Waals surface area contributed by atoms with E-state index in [2.05, 4.69) is 30.8 Å². The lowest BCUT2D eigenvalue weighted by Gasteiger charge is -2.11. The summed E-state index contributed by atoms with van der Waals surface area (Å²) in [6.07, 6.45) is 3.74. The number of fused-ring (bicyclic) bond motifs is 1. The Hall–Kier alpha value is -3.75. The summed E-state index contributed by atoms with van der Waals surface area (Å²) in [5, 5.41) is 13.2. The van der Waals surface area contributed by atoms with Crippen molar-refractivity contribution in [3.05, 3.63) is 59.3 Å². The molecule has 1 amide bonds. The van der Waals surface area contributed by atoms with E-state index in [1.54, 1.807) is 22.6 Å². The summed E-state index contributed by atoms with van der Waals surface area (Å²) in [6, 6.07) is 8.41. The first-order valence-corrected chi connectivity index (χ1v) is 10.2. The molecule has 1 aliphatic rings. The number of anilines is 2. The largest absolute Gasteiger partial charge is 0.352 e. The first-order chi connectivity index (χ1) is 15.0. The summed E-state index contributed by atoms with van der Waals surface area (Å²) in [5.74, 6) is 0.878. The lowest BCUT2D eigenvalue weighted by atomic mass is 10.1. The second-order valence-corrected chi connectivity index (χ2v) is 7.94. The molecule has 0 bridgehead atoms. The van der Waals surface area contributed by atoms with Gasteiger partial charge in [-0.1, -0.05) is 6.07 Å². The Balaban J connectivity index is 1.51. The smallest absolute Gasteiger partial charge is 0.223 e. The molecular formula is C22H22FN7O. The van der Waals surface area contributed by atoms with Crippen molar-refractivity contribution in [2.45, 2.75) is 33.2 Å². The van der Waals surface area contributed by atoms with Gasteiger partial charge in [0.1, 0.15) is 11.5 Å². The summed E-state index contributed by atoms with van der Waals surface area (Å²) >= 11 is 0. The molecule has 4 aromatic rings. The fraction of sp³-hybridized carbons (Fsp3) is 0.273. The number of aryl methyl sites for hydroxylation is 2. The molecule has 1 aromatic carbocycles. The summed E-state index contributed by atoms with van der Waals surface area (Å²) in [5.41, 5.74) is 3.97. The van der Waals surface area contributed by atoms with Crippen LogP contribution in [0.5, 0.6) is 0 Å². The minimum Gasteiger partial charge on any atom is -0.352 e. The molecule has 3 heterocycles. The van der Waals surface area contributed by atoms with E-state index in [4.69, 9.17) is 0 Å². The van der Waals surface area contributed by atoms with Crippen molar-refractivity contribution in [1.29, 1.82) is 0 Å². The quantitative estimate of drug-likeness (QED) is 0.443. The molecule has 1 aliphatic carbocycles. The molecule has 3 aromatic heterocycles. The summed E-state index contributed by atoms with van der Waals surface area (Å²) < 4.78 is 16.6. The van der Waals surface area contributed by atoms with E-state index in [0.29, 0.717) is 35.2 Å². The Morgan fingerprint density at radius 3 is 2.81 bits per heavy atom. The van der Waals surface area contributed by atoms with Crippen LogP contribution in [0.25, 0.3) is 16.9 Å². The van der Waals surface area contributed by atoms with Crippen LogP contribution >= 0.6 is 0 Å². The maximum atomic E-state index is 14.8. The summed E-state index contributed by atoms with van der Waals surface area (Å²) in [6.45, 7) is 4.14. The van der Waals surface area contributed by atoms with Crippen LogP contribution in [-0.2, 0) is 11.3 Å². The molecule has 0 unspecified atom stereocenters. The van der Waals surface area contributed by atoms with Crippen LogP contribution in [0, 0.1) is 25.6 Å². The van der Waals surface area contributed by atoms with Crippen LogP contribution in [0.3, 0.4) is 0 Å². The summed E-state index contributed by atoms with van der Waals surface area (Å²) in [4.78, 5) is 21.1. The standard InChI is InChI=1S/C22H22FN7O/c1-12-7-19(29-28-12)27-22-26-18(9-20-25-13(2)11-30(20)22)16-8-14(3-6-17(16)23)10-24-21(31)15-4-5-15/h3,6-9,11,15H,4-5,10H2,1-2H3,(H,24,31)(H2,26,27,28,29). The molecule has 0 spiro atoms. The lowest BCUT2D eigenvalue weighted by molar-refractivity contribution is -0.122. The van der Waals surface area contributed by atoms with Crippen molar-refractivity contribution in [2.75, 3.05) is 5.32 Å². The van der Waals surface area contributed by atoms with Gasteiger partial charge in [0, 0.05) is 42.0 Å². The molecule has 0 radical (unpaired) electrons. The molecule has 9 heteroatoms. The number of rotatable bonds is 6. The Kier molecular flexibility index (Phi) is 4.65. The average Bonchev–Trinajstić information content (AvgIpc) is 3.41. The number of halogens is 1. The van der Waals surface area contributed by atoms with Gasteiger partial charge >= 0.3 is 0 Å². The van der Waals surface area contributed by atoms with Gasteiger partial charge in [-0.25, -0.2) is 14.4 Å². The van der Waals surface area contributed by atoms with Gasteiger partial charge in [0.05, 0.1) is 11.4 Å². The van der Waals surface area contributed by atoms with Crippen LogP contribution in [0.1, 0.15) is 29.8 Å². The number of benzene rings is 1. The molecule has 0 saturated heterocycles. The molecular weight excluding hydrogens is 397 g/mol. The number of nitrogens with one attached hydrogen (secondary N) is 3. The Bertz CT molecular complexity index is 1290. The zero-order valence-electron chi connectivity index (χ0n) is 17.2. The van der Waals surface area contributed by atoms with Crippen LogP contribution in [0.4, 0.5) is 16.2 Å². The second-order valence-electron chi connectivity index (χ2n) is 7.94. The molecule has 3 N–H and O–H groups in total. The van der Waals surface area contributed by atoms with Gasteiger partial charge in [0.15, 0.2) is 5.82 Å². The number of carbonyl (C=O) groups is 1. The average molecular weight is 419 g/mol. The minimum absolute atomic E-state index is 0.0547. The van der Waals surface area contributed by atoms with Crippen LogP contribution < -0.4 is 10.6 Å². The predicted octanol–water partition coefficient (Wildman–Crippen LogP) is 3.65. The van der Waals surface area contributed by atoms with Crippen molar-refractivity contribution in [3.63, 3.8) is 0 Å². The number of hydrogen-bond acceptors (Lipinski definition) is 5. The molecule has 1 fully saturated rings. The van der Waals surface area contributed by atoms with E-state index in [-0.39, 0.29) is 17.6 Å². The van der Waals surface area contributed by atoms with Gasteiger partial charge in [0.2, 0.25) is 11.9 Å². The van der Waals surface area contributed by atoms with E-state index >= 15 is 0 Å². The van der Waals surface area contributed by atoms with Gasteiger partial charge in [-0.05, 0) is 44.4 Å². The van der Waals surface area contributed by atoms with Crippen LogP contribution in [0.15, 0.2) is 36.5 Å². The van der Waals surface area contributed by atoms with Gasteiger partial charge in [0.25, 0.3) is 0 Å². The van der Waals surface area contributed by atoms with Crippen molar-refractivity contribution >= 4 is 23.3 Å². The van der Waals surface area contributed by atoms with Crippen LogP contribution in [0.2, 0.25) is 0 Å². The SMILES string of the molecule is Cc1cn2c(Nc3cc(C)[nH]n3)nc(-c3cc(CNC(=O)C4CC4)ccc3F)cc2n1. The lowest BCUT2D eigenvalue weighted by Crippen LogP contribution is -2.24. The minimum atomic E-state index is -0.390. The van der Waals surface area contributed by atoms with Crippen LogP contribution in [-0.4, -0.2) is 30.5 Å². The maximum absolute atomic E-state index is 14.8. The molecule has 0 aliphatic heterocycles. The third-order valence-electron chi connectivity index (χ3n) is 5.24. The zero-order valence-corrected chi connectivity index (χ0v) is 17.2. The molecule has 5 rings (SSSR count). The Morgan fingerprint density at radius 2 is 2.06 bits per heavy atom. The van der Waals surface area contributed by atoms with E-state index in [1.807, 2.05) is 26.1 Å². The van der Waals surface area contributed by atoms with E-state index in [9.17, 15) is 9.18 Å². The molecule has 1 saturated carbocycles. The molecule has 0 atom stereocenters. The first kappa shape index (κ1) is 19.2. The predicted molar refractivity (Wildman–Crippen MR) is 114 cm³/mol. The molecule has 158 valence electrons. The van der Waals surface area contributed by atoms with Crippen molar-refractivity contribution < 1.29 is 9.18 Å². The highest BCUT2D eigenvalue weighted by atomic mass is 19.1. The Labute approximate surface area is 177 Å². The van der Waals surface area contributed by atoms with Crippen molar-refractivity contribution in [1.82, 2.24) is 29.9 Å². The Morgan fingerprint density at radius 1 is 1.23 bits per heavy atom. The number of imidazole rings is 1. The van der Waals surface area contributed by atoms with Crippen molar-refractivity contribution in [2.24, 2.45) is 5.92 Å². The maximum Gasteiger partial charge on any atom is 0.223 e. The fourth-order valence-electron chi connectivity index (χ4n) is 3.49. The van der Waals surface area contributed by atoms with Gasteiger partial charge < -0.3 is 10.6 Å². The second kappa shape index (κ2) is 7.50. The number of aromatic amines is 1. The number of amides is 1. The van der Waals surface area contributed by atoms with E-state index in [1.165, 1.54) is 6.07 Å². The number of nitrogens with zero attached hydrogens (tertiary/aromatic N) is 4. The number of aromatic nitrogens is 5. The van der Waals surface area contributed by atoms with E-state index in [0.717, 1.165) is 29.8 Å². The fourth-order valence-corrected chi connectivity index (χ4v) is 3.49. The van der Waals surface area contributed by atoms with Gasteiger partial charge in [-0.3, -0.25) is 14.3 Å². The van der Waals surface area contributed by atoms with Gasteiger partial charge in [-0.15, -0.1) is 0 Å². The highest BCUT2D eigenvalue weighted by Crippen LogP contribution is 2.29. The molecule has 31 heavy (non-hydrogen) atoms. The third kappa shape index (κ3) is 3.98. The van der Waals surface area contributed by atoms with Gasteiger partial charge in [-0.2, -0.15) is 5.10 Å². The highest BCUT2D eigenvalue weighted by molar-refractivity contribution is 5.80. The first-order valence-electron chi connectivity index (χ1n) is 10.2. The monoisotopic (exact) mass is 419 g/mol.